The van der Waals surface area contributed by atoms with Crippen LogP contribution in [0.2, 0.25) is 0 Å². The van der Waals surface area contributed by atoms with Gasteiger partial charge in [-0.2, -0.15) is 0 Å². The van der Waals surface area contributed by atoms with E-state index in [1.807, 2.05) is 19.9 Å². The first-order chi connectivity index (χ1) is 10.1. The van der Waals surface area contributed by atoms with Gasteiger partial charge in [0.25, 0.3) is 5.91 Å². The minimum atomic E-state index is -0.320. The molecule has 1 fully saturated rings. The summed E-state index contributed by atoms with van der Waals surface area (Å²) in [6.45, 7) is 4.36. The number of ether oxygens (including phenoxy) is 1. The van der Waals surface area contributed by atoms with Crippen molar-refractivity contribution in [2.45, 2.75) is 26.0 Å². The minimum Gasteiger partial charge on any atom is -0.394 e. The van der Waals surface area contributed by atoms with Crippen LogP contribution in [-0.4, -0.2) is 59.5 Å². The molecule has 5 nitrogen and oxygen atoms in total. The molecule has 6 heteroatoms. The lowest BCUT2D eigenvalue weighted by Crippen LogP contribution is -2.51. The third-order valence-corrected chi connectivity index (χ3v) is 4.52. The molecule has 0 radical (unpaired) electrons. The normalized spacial score (nSPS) is 21.8. The van der Waals surface area contributed by atoms with Crippen molar-refractivity contribution in [1.29, 1.82) is 0 Å². The number of aryl methyl sites for hydroxylation is 1. The standard InChI is InChI=1S/C15H19NO4S/c1-10-6-14(21-13(10)4-3-5-17)15(19)16-7-12(8-18)20-9-11(16)2/h6,11-12,17-18H,5,7-9H2,1-2H3. The van der Waals surface area contributed by atoms with E-state index in [2.05, 4.69) is 11.8 Å². The number of carbonyl (C=O) groups is 1. The maximum absolute atomic E-state index is 12.6. The minimum absolute atomic E-state index is 0.0188. The molecule has 0 spiro atoms. The zero-order valence-electron chi connectivity index (χ0n) is 12.1. The number of morpholine rings is 1. The molecule has 1 amide bonds. The average Bonchev–Trinajstić information content (AvgIpc) is 2.86. The molecule has 2 heterocycles. The van der Waals surface area contributed by atoms with Crippen molar-refractivity contribution in [2.24, 2.45) is 0 Å². The number of amides is 1. The third kappa shape index (κ3) is 3.63. The topological polar surface area (TPSA) is 70.0 Å². The summed E-state index contributed by atoms with van der Waals surface area (Å²) in [4.78, 5) is 15.8. The summed E-state index contributed by atoms with van der Waals surface area (Å²) in [5.41, 5.74) is 0.934. The van der Waals surface area contributed by atoms with E-state index >= 15 is 0 Å². The summed E-state index contributed by atoms with van der Waals surface area (Å²) in [6.07, 6.45) is -0.320. The van der Waals surface area contributed by atoms with Crippen LogP contribution in [0.4, 0.5) is 0 Å². The van der Waals surface area contributed by atoms with Crippen molar-refractivity contribution in [3.63, 3.8) is 0 Å². The molecule has 1 aliphatic rings. The molecular weight excluding hydrogens is 290 g/mol. The van der Waals surface area contributed by atoms with Crippen molar-refractivity contribution < 1.29 is 19.7 Å². The van der Waals surface area contributed by atoms with Gasteiger partial charge in [0.05, 0.1) is 35.1 Å². The lowest BCUT2D eigenvalue weighted by molar-refractivity contribution is -0.0666. The van der Waals surface area contributed by atoms with E-state index in [1.165, 1.54) is 11.3 Å². The van der Waals surface area contributed by atoms with Crippen molar-refractivity contribution in [3.8, 4) is 11.8 Å². The molecule has 0 saturated carbocycles. The second kappa shape index (κ2) is 7.05. The molecule has 114 valence electrons. The van der Waals surface area contributed by atoms with Crippen molar-refractivity contribution >= 4 is 17.2 Å². The molecule has 0 bridgehead atoms. The maximum atomic E-state index is 12.6. The fourth-order valence-corrected chi connectivity index (χ4v) is 3.19. The molecular formula is C15H19NO4S. The summed E-state index contributed by atoms with van der Waals surface area (Å²) < 4.78 is 5.45. The van der Waals surface area contributed by atoms with E-state index < -0.39 is 0 Å². The molecule has 0 aromatic carbocycles. The Bertz CT molecular complexity index is 572. The summed E-state index contributed by atoms with van der Waals surface area (Å²) in [5, 5.41) is 17.9. The summed E-state index contributed by atoms with van der Waals surface area (Å²) in [6, 6.07) is 1.81. The van der Waals surface area contributed by atoms with Gasteiger partial charge in [-0.05, 0) is 25.5 Å². The Morgan fingerprint density at radius 3 is 3.00 bits per heavy atom. The predicted molar refractivity (Wildman–Crippen MR) is 80.3 cm³/mol. The number of thiophene rings is 1. The highest BCUT2D eigenvalue weighted by atomic mass is 32.1. The SMILES string of the molecule is Cc1cc(C(=O)N2CC(CO)OCC2C)sc1C#CCO. The van der Waals surface area contributed by atoms with E-state index in [0.29, 0.717) is 18.0 Å². The number of nitrogens with zero attached hydrogens (tertiary/aromatic N) is 1. The quantitative estimate of drug-likeness (QED) is 0.786. The average molecular weight is 309 g/mol. The number of hydrogen-bond donors (Lipinski definition) is 2. The fraction of sp³-hybridized carbons (Fsp3) is 0.533. The van der Waals surface area contributed by atoms with Crippen LogP contribution in [0.5, 0.6) is 0 Å². The monoisotopic (exact) mass is 309 g/mol. The number of carbonyl (C=O) groups excluding carboxylic acids is 1. The predicted octanol–water partition coefficient (Wildman–Crippen LogP) is 0.622. The number of aliphatic hydroxyl groups is 2. The molecule has 0 aliphatic carbocycles. The van der Waals surface area contributed by atoms with Gasteiger partial charge in [-0.1, -0.05) is 11.8 Å². The van der Waals surface area contributed by atoms with Gasteiger partial charge < -0.3 is 19.8 Å². The molecule has 2 unspecified atom stereocenters. The van der Waals surface area contributed by atoms with Crippen LogP contribution < -0.4 is 0 Å². The van der Waals surface area contributed by atoms with E-state index in [9.17, 15) is 9.90 Å². The largest absolute Gasteiger partial charge is 0.394 e. The lowest BCUT2D eigenvalue weighted by atomic mass is 10.2. The van der Waals surface area contributed by atoms with E-state index in [1.54, 1.807) is 4.90 Å². The maximum Gasteiger partial charge on any atom is 0.264 e. The Hall–Kier alpha value is -1.39. The molecule has 2 N–H and O–H groups in total. The molecule has 1 saturated heterocycles. The van der Waals surface area contributed by atoms with Gasteiger partial charge in [-0.3, -0.25) is 4.79 Å². The Balaban J connectivity index is 2.19. The molecule has 1 aliphatic heterocycles. The highest BCUT2D eigenvalue weighted by Crippen LogP contribution is 2.24. The molecule has 2 rings (SSSR count). The van der Waals surface area contributed by atoms with Crippen LogP contribution in [0.15, 0.2) is 6.07 Å². The van der Waals surface area contributed by atoms with Gasteiger partial charge in [-0.25, -0.2) is 0 Å². The first-order valence-corrected chi connectivity index (χ1v) is 7.62. The van der Waals surface area contributed by atoms with Crippen molar-refractivity contribution in [1.82, 2.24) is 4.90 Å². The molecule has 2 atom stereocenters. The lowest BCUT2D eigenvalue weighted by Gasteiger charge is -2.37. The van der Waals surface area contributed by atoms with E-state index in [-0.39, 0.29) is 31.3 Å². The first kappa shape index (κ1) is 16.0. The van der Waals surface area contributed by atoms with Crippen LogP contribution >= 0.6 is 11.3 Å². The second-order valence-electron chi connectivity index (χ2n) is 5.03. The number of rotatable bonds is 2. The van der Waals surface area contributed by atoms with Gasteiger partial charge in [0, 0.05) is 6.54 Å². The van der Waals surface area contributed by atoms with Crippen molar-refractivity contribution in [3.05, 3.63) is 21.4 Å². The van der Waals surface area contributed by atoms with Crippen molar-refractivity contribution in [2.75, 3.05) is 26.4 Å². The Labute approximate surface area is 128 Å². The van der Waals surface area contributed by atoms with Crippen LogP contribution in [0.25, 0.3) is 0 Å². The summed E-state index contributed by atoms with van der Waals surface area (Å²) >= 11 is 1.33. The number of aliphatic hydroxyl groups excluding tert-OH is 2. The van der Waals surface area contributed by atoms with Gasteiger partial charge in [0.15, 0.2) is 0 Å². The Morgan fingerprint density at radius 1 is 1.57 bits per heavy atom. The molecule has 1 aromatic heterocycles. The highest BCUT2D eigenvalue weighted by Gasteiger charge is 2.30. The van der Waals surface area contributed by atoms with Gasteiger partial charge >= 0.3 is 0 Å². The van der Waals surface area contributed by atoms with Gasteiger partial charge in [0.2, 0.25) is 0 Å². The Morgan fingerprint density at radius 2 is 2.33 bits per heavy atom. The molecule has 21 heavy (non-hydrogen) atoms. The van der Waals surface area contributed by atoms with E-state index in [0.717, 1.165) is 10.4 Å². The first-order valence-electron chi connectivity index (χ1n) is 6.80. The summed E-state index contributed by atoms with van der Waals surface area (Å²) in [7, 11) is 0. The van der Waals surface area contributed by atoms with Gasteiger partial charge in [-0.15, -0.1) is 11.3 Å². The van der Waals surface area contributed by atoms with Crippen LogP contribution in [-0.2, 0) is 4.74 Å². The summed E-state index contributed by atoms with van der Waals surface area (Å²) in [5.74, 6) is 5.39. The second-order valence-corrected chi connectivity index (χ2v) is 6.08. The number of hydrogen-bond acceptors (Lipinski definition) is 5. The van der Waals surface area contributed by atoms with Crippen LogP contribution in [0, 0.1) is 18.8 Å². The van der Waals surface area contributed by atoms with Crippen LogP contribution in [0.3, 0.4) is 0 Å². The van der Waals surface area contributed by atoms with Crippen LogP contribution in [0.1, 0.15) is 27.0 Å². The Kier molecular flexibility index (Phi) is 5.37. The fourth-order valence-electron chi connectivity index (χ4n) is 2.18. The third-order valence-electron chi connectivity index (χ3n) is 3.38. The van der Waals surface area contributed by atoms with E-state index in [4.69, 9.17) is 9.84 Å². The molecule has 1 aromatic rings. The van der Waals surface area contributed by atoms with Gasteiger partial charge in [0.1, 0.15) is 6.61 Å². The zero-order chi connectivity index (χ0) is 15.4. The zero-order valence-corrected chi connectivity index (χ0v) is 12.9. The smallest absolute Gasteiger partial charge is 0.264 e. The highest BCUT2D eigenvalue weighted by molar-refractivity contribution is 7.14.